The van der Waals surface area contributed by atoms with Gasteiger partial charge in [-0.05, 0) is 32.4 Å². The summed E-state index contributed by atoms with van der Waals surface area (Å²) in [5.74, 6) is -1.86. The lowest BCUT2D eigenvalue weighted by atomic mass is 10.2. The number of aromatic nitrogens is 2. The molecule has 0 unspecified atom stereocenters. The number of carbonyl (C=O) groups is 1. The van der Waals surface area contributed by atoms with Crippen LogP contribution in [0.25, 0.3) is 0 Å². The molecule has 164 valence electrons. The number of amides is 2. The lowest BCUT2D eigenvalue weighted by molar-refractivity contribution is 0.257. The van der Waals surface area contributed by atoms with Crippen molar-refractivity contribution in [1.82, 2.24) is 9.97 Å². The number of carbonyl (C=O) groups excluding carboxylic acids is 1. The van der Waals surface area contributed by atoms with Gasteiger partial charge in [0.15, 0.2) is 5.82 Å². The van der Waals surface area contributed by atoms with Gasteiger partial charge in [-0.3, -0.25) is 9.62 Å². The first-order valence-electron chi connectivity index (χ1n) is 9.15. The number of nitrogens with zero attached hydrogens (tertiary/aromatic N) is 3. The van der Waals surface area contributed by atoms with E-state index >= 15 is 0 Å². The molecule has 0 saturated carbocycles. The largest absolute Gasteiger partial charge is 0.368 e. The zero-order valence-electron chi connectivity index (χ0n) is 17.0. The maximum absolute atomic E-state index is 14.7. The van der Waals surface area contributed by atoms with Crippen LogP contribution in [0.5, 0.6) is 0 Å². The van der Waals surface area contributed by atoms with Crippen LogP contribution >= 0.6 is 0 Å². The molecular formula is C18H24F2N6O3S. The normalized spacial score (nSPS) is 11.3. The van der Waals surface area contributed by atoms with Crippen LogP contribution in [0.15, 0.2) is 24.5 Å². The first-order chi connectivity index (χ1) is 14.0. The molecule has 0 aliphatic carbocycles. The van der Waals surface area contributed by atoms with Crippen LogP contribution in [-0.4, -0.2) is 43.3 Å². The highest BCUT2D eigenvalue weighted by Gasteiger charge is 2.22. The van der Waals surface area contributed by atoms with Crippen molar-refractivity contribution in [2.75, 3.05) is 33.1 Å². The van der Waals surface area contributed by atoms with Crippen LogP contribution in [0.4, 0.5) is 36.6 Å². The molecule has 2 rings (SSSR count). The van der Waals surface area contributed by atoms with Gasteiger partial charge in [0.2, 0.25) is 10.0 Å². The second-order valence-electron chi connectivity index (χ2n) is 6.75. The zero-order chi connectivity index (χ0) is 22.5. The Hall–Kier alpha value is -3.02. The van der Waals surface area contributed by atoms with Crippen molar-refractivity contribution in [1.29, 1.82) is 0 Å². The van der Waals surface area contributed by atoms with Gasteiger partial charge in [-0.25, -0.2) is 32.0 Å². The highest BCUT2D eigenvalue weighted by molar-refractivity contribution is 7.92. The highest BCUT2D eigenvalue weighted by atomic mass is 32.2. The molecular weight excluding hydrogens is 418 g/mol. The molecule has 9 nitrogen and oxygen atoms in total. The second-order valence-corrected chi connectivity index (χ2v) is 8.60. The Bertz CT molecular complexity index is 1020. The van der Waals surface area contributed by atoms with Gasteiger partial charge in [0.05, 0.1) is 11.4 Å². The van der Waals surface area contributed by atoms with Crippen molar-refractivity contribution < 1.29 is 22.0 Å². The third kappa shape index (κ3) is 5.99. The van der Waals surface area contributed by atoms with E-state index in [0.717, 1.165) is 17.0 Å². The molecule has 3 N–H and O–H groups in total. The monoisotopic (exact) mass is 442 g/mol. The number of hydrogen-bond donors (Lipinski definition) is 3. The first-order valence-corrected chi connectivity index (χ1v) is 10.8. The fourth-order valence-corrected chi connectivity index (χ4v) is 3.57. The fraction of sp³-hybridized carbons (Fsp3) is 0.389. The lowest BCUT2D eigenvalue weighted by Crippen LogP contribution is -2.32. The quantitative estimate of drug-likeness (QED) is 0.577. The molecule has 1 heterocycles. The smallest absolute Gasteiger partial charge is 0.327 e. The summed E-state index contributed by atoms with van der Waals surface area (Å²) >= 11 is 0. The molecule has 0 aliphatic rings. The van der Waals surface area contributed by atoms with Gasteiger partial charge in [-0.15, -0.1) is 0 Å². The summed E-state index contributed by atoms with van der Waals surface area (Å²) in [4.78, 5) is 21.6. The third-order valence-electron chi connectivity index (χ3n) is 3.80. The van der Waals surface area contributed by atoms with Crippen LogP contribution in [0.2, 0.25) is 0 Å². The maximum Gasteiger partial charge on any atom is 0.327 e. The topological polar surface area (TPSA) is 116 Å². The van der Waals surface area contributed by atoms with Crippen LogP contribution in [-0.2, 0) is 10.0 Å². The Kier molecular flexibility index (Phi) is 7.48. The lowest BCUT2D eigenvalue weighted by Gasteiger charge is -2.19. The average Bonchev–Trinajstić information content (AvgIpc) is 2.66. The molecule has 1 aromatic carbocycles. The molecule has 30 heavy (non-hydrogen) atoms. The van der Waals surface area contributed by atoms with E-state index in [1.165, 1.54) is 19.4 Å². The van der Waals surface area contributed by atoms with E-state index < -0.39 is 39.1 Å². The molecule has 0 atom stereocenters. The molecule has 0 radical (unpaired) electrons. The van der Waals surface area contributed by atoms with E-state index in [4.69, 9.17) is 0 Å². The van der Waals surface area contributed by atoms with Gasteiger partial charge in [0.25, 0.3) is 0 Å². The molecule has 12 heteroatoms. The van der Waals surface area contributed by atoms with E-state index in [0.29, 0.717) is 12.2 Å². The Labute approximate surface area is 174 Å². The number of anilines is 4. The number of rotatable bonds is 8. The molecule has 0 spiro atoms. The molecule has 2 aromatic rings. The Morgan fingerprint density at radius 1 is 1.23 bits per heavy atom. The number of nitrogens with one attached hydrogen (secondary N) is 3. The van der Waals surface area contributed by atoms with Gasteiger partial charge in [-0.2, -0.15) is 0 Å². The van der Waals surface area contributed by atoms with Gasteiger partial charge < -0.3 is 10.6 Å². The number of halogens is 2. The summed E-state index contributed by atoms with van der Waals surface area (Å²) in [6, 6.07) is 2.52. The molecule has 0 fully saturated rings. The van der Waals surface area contributed by atoms with Gasteiger partial charge >= 0.3 is 6.03 Å². The molecule has 2 amide bonds. The van der Waals surface area contributed by atoms with Crippen LogP contribution in [0.3, 0.4) is 0 Å². The van der Waals surface area contributed by atoms with Crippen LogP contribution < -0.4 is 20.3 Å². The Balaban J connectivity index is 2.25. The van der Waals surface area contributed by atoms with Gasteiger partial charge in [0.1, 0.15) is 29.5 Å². The Morgan fingerprint density at radius 3 is 2.57 bits per heavy atom. The van der Waals surface area contributed by atoms with Crippen molar-refractivity contribution in [3.8, 4) is 0 Å². The minimum Gasteiger partial charge on any atom is -0.368 e. The Morgan fingerprint density at radius 2 is 1.93 bits per heavy atom. The zero-order valence-corrected chi connectivity index (χ0v) is 17.8. The summed E-state index contributed by atoms with van der Waals surface area (Å²) in [6.45, 7) is 5.47. The molecule has 0 saturated heterocycles. The highest BCUT2D eigenvalue weighted by Crippen LogP contribution is 2.27. The first kappa shape index (κ1) is 23.3. The maximum atomic E-state index is 14.7. The summed E-state index contributed by atoms with van der Waals surface area (Å²) in [5, 5.41) is 5.17. The number of hydrogen-bond acceptors (Lipinski definition) is 6. The summed E-state index contributed by atoms with van der Waals surface area (Å²) in [5.41, 5.74) is -1.24. The summed E-state index contributed by atoms with van der Waals surface area (Å²) < 4.78 is 54.7. The SMILES string of the molecule is CCCS(=O)(=O)Nc1ccc(F)c(NC(=O)N(C)c2cc(NC(C)C)ncn2)c1F. The third-order valence-corrected chi connectivity index (χ3v) is 5.28. The van der Waals surface area contributed by atoms with Gasteiger partial charge in [0, 0.05) is 19.2 Å². The predicted molar refractivity (Wildman–Crippen MR) is 112 cm³/mol. The predicted octanol–water partition coefficient (Wildman–Crippen LogP) is 3.40. The van der Waals surface area contributed by atoms with E-state index in [9.17, 15) is 22.0 Å². The minimum absolute atomic E-state index is 0.0919. The second kappa shape index (κ2) is 9.65. The van der Waals surface area contributed by atoms with E-state index in [1.807, 2.05) is 13.8 Å². The van der Waals surface area contributed by atoms with Gasteiger partial charge in [-0.1, -0.05) is 6.92 Å². The van der Waals surface area contributed by atoms with Crippen molar-refractivity contribution in [2.45, 2.75) is 33.2 Å². The molecule has 1 aromatic heterocycles. The van der Waals surface area contributed by atoms with E-state index in [2.05, 4.69) is 25.3 Å². The summed E-state index contributed by atoms with van der Waals surface area (Å²) in [6.07, 6.45) is 1.56. The number of urea groups is 1. The minimum atomic E-state index is -3.80. The van der Waals surface area contributed by atoms with Crippen LogP contribution in [0.1, 0.15) is 27.2 Å². The van der Waals surface area contributed by atoms with Crippen molar-refractivity contribution in [2.24, 2.45) is 0 Å². The van der Waals surface area contributed by atoms with Crippen LogP contribution in [0, 0.1) is 11.6 Å². The molecule has 0 aliphatic heterocycles. The summed E-state index contributed by atoms with van der Waals surface area (Å²) in [7, 11) is -2.44. The fourth-order valence-electron chi connectivity index (χ4n) is 2.43. The van der Waals surface area contributed by atoms with E-state index in [-0.39, 0.29) is 17.6 Å². The number of sulfonamides is 1. The van der Waals surface area contributed by atoms with Crippen molar-refractivity contribution in [3.63, 3.8) is 0 Å². The van der Waals surface area contributed by atoms with E-state index in [1.54, 1.807) is 6.92 Å². The molecule has 0 bridgehead atoms. The standard InChI is InChI=1S/C18H24F2N6O3S/c1-5-8-30(28,29)25-13-7-6-12(19)17(16(13)20)24-18(27)26(4)15-9-14(21-10-22-15)23-11(2)3/h6-7,9-11,25H,5,8H2,1-4H3,(H,24,27)(H,21,22,23). The average molecular weight is 442 g/mol. The number of benzene rings is 1. The van der Waals surface area contributed by atoms with Crippen molar-refractivity contribution >= 4 is 39.1 Å². The van der Waals surface area contributed by atoms with Crippen molar-refractivity contribution in [3.05, 3.63) is 36.2 Å².